The van der Waals surface area contributed by atoms with Gasteiger partial charge < -0.3 is 9.84 Å². The summed E-state index contributed by atoms with van der Waals surface area (Å²) in [5, 5.41) is 6.92. The Morgan fingerprint density at radius 2 is 1.96 bits per heavy atom. The van der Waals surface area contributed by atoms with E-state index in [1.165, 1.54) is 0 Å². The topological polar surface area (TPSA) is 80.9 Å². The largest absolute Gasteiger partial charge is 0.360 e. The van der Waals surface area contributed by atoms with Crippen molar-refractivity contribution in [2.75, 3.05) is 0 Å². The van der Waals surface area contributed by atoms with Gasteiger partial charge in [0.25, 0.3) is 5.91 Å². The number of hydrogen-bond donors (Lipinski definition) is 1. The Labute approximate surface area is 145 Å². The molecule has 6 nitrogen and oxygen atoms in total. The first-order chi connectivity index (χ1) is 12.3. The van der Waals surface area contributed by atoms with Crippen LogP contribution in [0, 0.1) is 0 Å². The highest BCUT2D eigenvalue weighted by molar-refractivity contribution is 5.93. The van der Waals surface area contributed by atoms with Gasteiger partial charge in [0, 0.05) is 42.7 Å². The first-order valence-electron chi connectivity index (χ1n) is 8.43. The van der Waals surface area contributed by atoms with E-state index in [9.17, 15) is 4.79 Å². The molecule has 0 fully saturated rings. The normalized spacial score (nSPS) is 13.3. The second kappa shape index (κ2) is 6.84. The van der Waals surface area contributed by atoms with Crippen molar-refractivity contribution in [2.45, 2.75) is 32.2 Å². The molecule has 126 valence electrons. The lowest BCUT2D eigenvalue weighted by Gasteiger charge is -2.11. The quantitative estimate of drug-likeness (QED) is 0.793. The molecule has 0 radical (unpaired) electrons. The van der Waals surface area contributed by atoms with Gasteiger partial charge in [0.05, 0.1) is 5.69 Å². The van der Waals surface area contributed by atoms with Crippen molar-refractivity contribution >= 4 is 5.91 Å². The van der Waals surface area contributed by atoms with Gasteiger partial charge in [-0.2, -0.15) is 0 Å². The van der Waals surface area contributed by atoms with Gasteiger partial charge in [-0.3, -0.25) is 14.8 Å². The average Bonchev–Trinajstić information content (AvgIpc) is 3.11. The highest BCUT2D eigenvalue weighted by Gasteiger charge is 2.23. The third-order valence-electron chi connectivity index (χ3n) is 4.45. The summed E-state index contributed by atoms with van der Waals surface area (Å²) in [6, 6.07) is 7.63. The van der Waals surface area contributed by atoms with Crippen molar-refractivity contribution < 1.29 is 9.32 Å². The molecule has 3 aromatic heterocycles. The molecule has 1 N–H and O–H groups in total. The predicted octanol–water partition coefficient (Wildman–Crippen LogP) is 2.94. The molecule has 6 heteroatoms. The van der Waals surface area contributed by atoms with Crippen molar-refractivity contribution in [3.8, 4) is 11.3 Å². The molecular weight excluding hydrogens is 316 g/mol. The molecule has 3 aromatic rings. The summed E-state index contributed by atoms with van der Waals surface area (Å²) in [4.78, 5) is 21.0. The van der Waals surface area contributed by atoms with Gasteiger partial charge in [-0.05, 0) is 43.0 Å². The van der Waals surface area contributed by atoms with E-state index in [-0.39, 0.29) is 5.91 Å². The molecule has 1 aliphatic rings. The van der Waals surface area contributed by atoms with Gasteiger partial charge >= 0.3 is 0 Å². The number of carbonyl (C=O) groups excluding carboxylic acids is 1. The van der Waals surface area contributed by atoms with E-state index >= 15 is 0 Å². The SMILES string of the molecule is O=C(NCc1cccnc1-c1ccncc1)c1noc2c1CCCC2. The molecule has 0 unspecified atom stereocenters. The fraction of sp³-hybridized carbons (Fsp3) is 0.263. The van der Waals surface area contributed by atoms with E-state index in [1.54, 1.807) is 18.6 Å². The molecule has 0 atom stereocenters. The molecule has 0 aliphatic heterocycles. The van der Waals surface area contributed by atoms with Crippen LogP contribution in [0.25, 0.3) is 11.3 Å². The molecule has 1 amide bonds. The predicted molar refractivity (Wildman–Crippen MR) is 91.8 cm³/mol. The average molecular weight is 334 g/mol. The maximum absolute atomic E-state index is 12.5. The van der Waals surface area contributed by atoms with E-state index < -0.39 is 0 Å². The standard InChI is InChI=1S/C19H18N4O2/c24-19(18-15-5-1-2-6-16(15)25-23-18)22-12-14-4-3-9-21-17(14)13-7-10-20-11-8-13/h3-4,7-11H,1-2,5-6,12H2,(H,22,24). The van der Waals surface area contributed by atoms with Gasteiger partial charge in [-0.1, -0.05) is 11.2 Å². The number of amides is 1. The van der Waals surface area contributed by atoms with Crippen LogP contribution in [0.15, 0.2) is 47.4 Å². The van der Waals surface area contributed by atoms with Crippen molar-refractivity contribution in [1.29, 1.82) is 0 Å². The van der Waals surface area contributed by atoms with Gasteiger partial charge in [0.1, 0.15) is 5.76 Å². The highest BCUT2D eigenvalue weighted by Crippen LogP contribution is 2.24. The number of pyridine rings is 2. The van der Waals surface area contributed by atoms with E-state index in [4.69, 9.17) is 4.52 Å². The van der Waals surface area contributed by atoms with E-state index in [0.29, 0.717) is 12.2 Å². The smallest absolute Gasteiger partial charge is 0.274 e. The molecule has 0 aromatic carbocycles. The Balaban J connectivity index is 1.52. The third-order valence-corrected chi connectivity index (χ3v) is 4.45. The molecule has 0 saturated heterocycles. The first-order valence-corrected chi connectivity index (χ1v) is 8.43. The van der Waals surface area contributed by atoms with Crippen molar-refractivity contribution in [3.63, 3.8) is 0 Å². The maximum Gasteiger partial charge on any atom is 0.274 e. The van der Waals surface area contributed by atoms with Gasteiger partial charge in [0.2, 0.25) is 0 Å². The van der Waals surface area contributed by atoms with Crippen LogP contribution < -0.4 is 5.32 Å². The van der Waals surface area contributed by atoms with E-state index in [2.05, 4.69) is 20.4 Å². The number of hydrogen-bond acceptors (Lipinski definition) is 5. The minimum atomic E-state index is -0.198. The molecule has 0 bridgehead atoms. The van der Waals surface area contributed by atoms with Crippen molar-refractivity contribution in [3.05, 3.63) is 65.4 Å². The number of nitrogens with one attached hydrogen (secondary N) is 1. The fourth-order valence-corrected chi connectivity index (χ4v) is 3.17. The molecule has 1 aliphatic carbocycles. The Morgan fingerprint density at radius 1 is 1.12 bits per heavy atom. The Morgan fingerprint density at radius 3 is 2.84 bits per heavy atom. The minimum Gasteiger partial charge on any atom is -0.360 e. The number of fused-ring (bicyclic) bond motifs is 1. The summed E-state index contributed by atoms with van der Waals surface area (Å²) in [5.74, 6) is 0.659. The zero-order chi connectivity index (χ0) is 17.1. The number of aryl methyl sites for hydroxylation is 1. The molecular formula is C19H18N4O2. The monoisotopic (exact) mass is 334 g/mol. The van der Waals surface area contributed by atoms with E-state index in [0.717, 1.165) is 53.8 Å². The Bertz CT molecular complexity index is 889. The second-order valence-electron chi connectivity index (χ2n) is 6.07. The van der Waals surface area contributed by atoms with Crippen LogP contribution >= 0.6 is 0 Å². The lowest BCUT2D eigenvalue weighted by molar-refractivity contribution is 0.0941. The Kier molecular flexibility index (Phi) is 4.24. The first kappa shape index (κ1) is 15.5. The Hall–Kier alpha value is -3.02. The number of nitrogens with zero attached hydrogens (tertiary/aromatic N) is 3. The van der Waals surface area contributed by atoms with E-state index in [1.807, 2.05) is 24.3 Å². The van der Waals surface area contributed by atoms with Crippen LogP contribution in [0.3, 0.4) is 0 Å². The zero-order valence-electron chi connectivity index (χ0n) is 13.7. The summed E-state index contributed by atoms with van der Waals surface area (Å²) in [5.41, 5.74) is 4.14. The van der Waals surface area contributed by atoms with Crippen LogP contribution in [0.4, 0.5) is 0 Å². The summed E-state index contributed by atoms with van der Waals surface area (Å²) in [6.45, 7) is 0.381. The lowest BCUT2D eigenvalue weighted by atomic mass is 9.96. The minimum absolute atomic E-state index is 0.198. The second-order valence-corrected chi connectivity index (χ2v) is 6.07. The maximum atomic E-state index is 12.5. The number of rotatable bonds is 4. The summed E-state index contributed by atoms with van der Waals surface area (Å²) in [7, 11) is 0. The molecule has 0 spiro atoms. The van der Waals surface area contributed by atoms with Crippen molar-refractivity contribution in [1.82, 2.24) is 20.4 Å². The van der Waals surface area contributed by atoms with Crippen LogP contribution in [0.1, 0.15) is 40.2 Å². The van der Waals surface area contributed by atoms with Crippen LogP contribution in [0.5, 0.6) is 0 Å². The lowest BCUT2D eigenvalue weighted by Crippen LogP contribution is -2.25. The van der Waals surface area contributed by atoms with Gasteiger partial charge in [-0.25, -0.2) is 0 Å². The van der Waals surface area contributed by atoms with Crippen LogP contribution in [-0.4, -0.2) is 21.0 Å². The third kappa shape index (κ3) is 3.15. The molecule has 4 rings (SSSR count). The molecule has 25 heavy (non-hydrogen) atoms. The van der Waals surface area contributed by atoms with Gasteiger partial charge in [0.15, 0.2) is 5.69 Å². The molecule has 0 saturated carbocycles. The molecule has 3 heterocycles. The van der Waals surface area contributed by atoms with Crippen molar-refractivity contribution in [2.24, 2.45) is 0 Å². The fourth-order valence-electron chi connectivity index (χ4n) is 3.17. The number of carbonyl (C=O) groups is 1. The van der Waals surface area contributed by atoms with Gasteiger partial charge in [-0.15, -0.1) is 0 Å². The van der Waals surface area contributed by atoms with Crippen LogP contribution in [0.2, 0.25) is 0 Å². The number of aromatic nitrogens is 3. The highest BCUT2D eigenvalue weighted by atomic mass is 16.5. The summed E-state index contributed by atoms with van der Waals surface area (Å²) in [6.07, 6.45) is 9.09. The van der Waals surface area contributed by atoms with Crippen LogP contribution in [-0.2, 0) is 19.4 Å². The zero-order valence-corrected chi connectivity index (χ0v) is 13.7. The summed E-state index contributed by atoms with van der Waals surface area (Å²) < 4.78 is 5.32. The summed E-state index contributed by atoms with van der Waals surface area (Å²) >= 11 is 0.